The largest absolute Gasteiger partial charge is 0.338 e. The molecule has 0 aliphatic heterocycles. The van der Waals surface area contributed by atoms with Gasteiger partial charge in [-0.2, -0.15) is 0 Å². The van der Waals surface area contributed by atoms with Gasteiger partial charge in [0.25, 0.3) is 5.91 Å². The van der Waals surface area contributed by atoms with Crippen molar-refractivity contribution in [2.45, 2.75) is 19.9 Å². The van der Waals surface area contributed by atoms with Crippen molar-refractivity contribution in [3.05, 3.63) is 71.9 Å². The maximum absolute atomic E-state index is 12.0. The monoisotopic (exact) mass is 321 g/mol. The molecule has 0 unspecified atom stereocenters. The molecule has 2 amide bonds. The molecule has 0 bridgehead atoms. The number of hydrogen-bond donors (Lipinski definition) is 2. The van der Waals surface area contributed by atoms with Gasteiger partial charge in [-0.05, 0) is 35.6 Å². The maximum atomic E-state index is 12.0. The number of aryl methyl sites for hydroxylation is 1. The van der Waals surface area contributed by atoms with E-state index < -0.39 is 0 Å². The van der Waals surface area contributed by atoms with Crippen LogP contribution in [0.4, 0.5) is 0 Å². The summed E-state index contributed by atoms with van der Waals surface area (Å²) in [6.45, 7) is 2.11. The molecule has 0 aliphatic carbocycles. The average molecular weight is 321 g/mol. The van der Waals surface area contributed by atoms with Gasteiger partial charge in [0.05, 0.1) is 6.42 Å². The number of carbonyl (C=O) groups is 2. The molecule has 0 saturated heterocycles. The summed E-state index contributed by atoms with van der Waals surface area (Å²) >= 11 is 0. The third-order valence-corrected chi connectivity index (χ3v) is 3.95. The second-order valence-corrected chi connectivity index (χ2v) is 5.70. The minimum atomic E-state index is -0.269. The quantitative estimate of drug-likeness (QED) is 0.725. The molecule has 2 aromatic carbocycles. The first kappa shape index (κ1) is 15.8. The molecule has 1 heterocycles. The minimum absolute atomic E-state index is 0.151. The Hall–Kier alpha value is -3.08. The van der Waals surface area contributed by atoms with Crippen molar-refractivity contribution in [2.75, 3.05) is 0 Å². The van der Waals surface area contributed by atoms with Crippen LogP contribution in [0.3, 0.4) is 0 Å². The first-order chi connectivity index (χ1) is 11.6. The van der Waals surface area contributed by atoms with Crippen molar-refractivity contribution < 1.29 is 9.59 Å². The highest BCUT2D eigenvalue weighted by Gasteiger charge is 2.09. The van der Waals surface area contributed by atoms with Gasteiger partial charge in [-0.25, -0.2) is 0 Å². The first-order valence-corrected chi connectivity index (χ1v) is 7.79. The van der Waals surface area contributed by atoms with Gasteiger partial charge in [0.15, 0.2) is 0 Å². The average Bonchev–Trinajstić information content (AvgIpc) is 2.98. The number of aromatic nitrogens is 1. The summed E-state index contributed by atoms with van der Waals surface area (Å²) in [5, 5.41) is 1.08. The molecule has 3 aromatic rings. The predicted molar refractivity (Wildman–Crippen MR) is 93.1 cm³/mol. The Kier molecular flexibility index (Phi) is 4.61. The molecule has 0 spiro atoms. The van der Waals surface area contributed by atoms with E-state index in [9.17, 15) is 9.59 Å². The van der Waals surface area contributed by atoms with Crippen LogP contribution >= 0.6 is 0 Å². The molecule has 24 heavy (non-hydrogen) atoms. The standard InChI is InChI=1S/C19H19N3O2/c1-14-6-2-3-8-16(14)12-18(23)20-21-19(24)13-22-11-10-15-7-4-5-9-17(15)22/h2-11H,12-13H2,1H3,(H,20,23)(H,21,24). The van der Waals surface area contributed by atoms with E-state index >= 15 is 0 Å². The van der Waals surface area contributed by atoms with Crippen molar-refractivity contribution in [1.82, 2.24) is 15.4 Å². The molecular weight excluding hydrogens is 302 g/mol. The Morgan fingerprint density at radius 3 is 2.46 bits per heavy atom. The van der Waals surface area contributed by atoms with E-state index in [-0.39, 0.29) is 24.8 Å². The molecule has 0 radical (unpaired) electrons. The van der Waals surface area contributed by atoms with Crippen molar-refractivity contribution in [3.8, 4) is 0 Å². The van der Waals surface area contributed by atoms with E-state index in [1.807, 2.05) is 72.3 Å². The minimum Gasteiger partial charge on any atom is -0.338 e. The van der Waals surface area contributed by atoms with Crippen LogP contribution in [0.1, 0.15) is 11.1 Å². The number of amides is 2. The van der Waals surface area contributed by atoms with Crippen LogP contribution in [-0.4, -0.2) is 16.4 Å². The number of hydrazine groups is 1. The van der Waals surface area contributed by atoms with Crippen LogP contribution in [0, 0.1) is 6.92 Å². The zero-order chi connectivity index (χ0) is 16.9. The first-order valence-electron chi connectivity index (χ1n) is 7.79. The molecule has 0 aliphatic rings. The lowest BCUT2D eigenvalue weighted by molar-refractivity contribution is -0.128. The van der Waals surface area contributed by atoms with E-state index in [1.165, 1.54) is 0 Å². The molecular formula is C19H19N3O2. The van der Waals surface area contributed by atoms with Crippen molar-refractivity contribution >= 4 is 22.7 Å². The molecule has 5 nitrogen and oxygen atoms in total. The highest BCUT2D eigenvalue weighted by atomic mass is 16.2. The van der Waals surface area contributed by atoms with Crippen LogP contribution in [0.15, 0.2) is 60.8 Å². The lowest BCUT2D eigenvalue weighted by atomic mass is 10.1. The third kappa shape index (κ3) is 3.63. The molecule has 5 heteroatoms. The number of carbonyl (C=O) groups excluding carboxylic acids is 2. The van der Waals surface area contributed by atoms with E-state index in [0.717, 1.165) is 22.0 Å². The zero-order valence-electron chi connectivity index (χ0n) is 13.5. The van der Waals surface area contributed by atoms with E-state index in [4.69, 9.17) is 0 Å². The number of rotatable bonds is 4. The van der Waals surface area contributed by atoms with Gasteiger partial charge in [-0.1, -0.05) is 42.5 Å². The van der Waals surface area contributed by atoms with Crippen molar-refractivity contribution in [1.29, 1.82) is 0 Å². The lowest BCUT2D eigenvalue weighted by Gasteiger charge is -2.10. The van der Waals surface area contributed by atoms with Crippen LogP contribution in [0.25, 0.3) is 10.9 Å². The second kappa shape index (κ2) is 7.00. The smallest absolute Gasteiger partial charge is 0.258 e. The Morgan fingerprint density at radius 2 is 1.62 bits per heavy atom. The summed E-state index contributed by atoms with van der Waals surface area (Å²) in [4.78, 5) is 24.0. The summed E-state index contributed by atoms with van der Waals surface area (Å²) in [5.41, 5.74) is 7.92. The Morgan fingerprint density at radius 1 is 0.917 bits per heavy atom. The van der Waals surface area contributed by atoms with Gasteiger partial charge >= 0.3 is 0 Å². The van der Waals surface area contributed by atoms with E-state index in [0.29, 0.717) is 0 Å². The summed E-state index contributed by atoms with van der Waals surface area (Å²) in [6.07, 6.45) is 2.10. The van der Waals surface area contributed by atoms with Gasteiger partial charge in [0.2, 0.25) is 5.91 Å². The molecule has 0 fully saturated rings. The fourth-order valence-electron chi connectivity index (χ4n) is 2.64. The van der Waals surface area contributed by atoms with Crippen LogP contribution < -0.4 is 10.9 Å². The summed E-state index contributed by atoms with van der Waals surface area (Å²) < 4.78 is 1.85. The Bertz CT molecular complexity index is 883. The van der Waals surface area contributed by atoms with Crippen molar-refractivity contribution in [3.63, 3.8) is 0 Å². The third-order valence-electron chi connectivity index (χ3n) is 3.95. The predicted octanol–water partition coefficient (Wildman–Crippen LogP) is 2.34. The van der Waals surface area contributed by atoms with Gasteiger partial charge in [0, 0.05) is 11.7 Å². The number of hydrogen-bond acceptors (Lipinski definition) is 2. The highest BCUT2D eigenvalue weighted by molar-refractivity contribution is 5.85. The van der Waals surface area contributed by atoms with Gasteiger partial charge < -0.3 is 4.57 Å². The van der Waals surface area contributed by atoms with Gasteiger partial charge in [0.1, 0.15) is 6.54 Å². The van der Waals surface area contributed by atoms with Crippen LogP contribution in [0.5, 0.6) is 0 Å². The Labute approximate surface area is 140 Å². The number of para-hydroxylation sites is 1. The molecule has 2 N–H and O–H groups in total. The normalized spacial score (nSPS) is 10.5. The van der Waals surface area contributed by atoms with Crippen LogP contribution in [0.2, 0.25) is 0 Å². The highest BCUT2D eigenvalue weighted by Crippen LogP contribution is 2.14. The van der Waals surface area contributed by atoms with Crippen LogP contribution in [-0.2, 0) is 22.6 Å². The number of nitrogens with zero attached hydrogens (tertiary/aromatic N) is 1. The van der Waals surface area contributed by atoms with Gasteiger partial charge in [-0.3, -0.25) is 20.4 Å². The van der Waals surface area contributed by atoms with Gasteiger partial charge in [-0.15, -0.1) is 0 Å². The Balaban J connectivity index is 1.54. The molecule has 3 rings (SSSR count). The molecule has 1 aromatic heterocycles. The summed E-state index contributed by atoms with van der Waals surface area (Å²) in [7, 11) is 0. The fraction of sp³-hybridized carbons (Fsp3) is 0.158. The van der Waals surface area contributed by atoms with Crippen molar-refractivity contribution in [2.24, 2.45) is 0 Å². The summed E-state index contributed by atoms with van der Waals surface area (Å²) in [6, 6.07) is 17.5. The molecule has 0 saturated carbocycles. The van der Waals surface area contributed by atoms with E-state index in [2.05, 4.69) is 10.9 Å². The number of benzene rings is 2. The number of nitrogens with one attached hydrogen (secondary N) is 2. The zero-order valence-corrected chi connectivity index (χ0v) is 13.5. The maximum Gasteiger partial charge on any atom is 0.258 e. The van der Waals surface area contributed by atoms with E-state index in [1.54, 1.807) is 0 Å². The fourth-order valence-corrected chi connectivity index (χ4v) is 2.64. The summed E-state index contributed by atoms with van der Waals surface area (Å²) in [5.74, 6) is -0.510. The second-order valence-electron chi connectivity index (χ2n) is 5.70. The molecule has 122 valence electrons. The SMILES string of the molecule is Cc1ccccc1CC(=O)NNC(=O)Cn1ccc2ccccc21. The topological polar surface area (TPSA) is 63.1 Å². The number of fused-ring (bicyclic) bond motifs is 1. The lowest BCUT2D eigenvalue weighted by Crippen LogP contribution is -2.43. The molecule has 0 atom stereocenters.